The van der Waals surface area contributed by atoms with Gasteiger partial charge in [0, 0.05) is 6.04 Å². The molecule has 0 aromatic heterocycles. The van der Waals surface area contributed by atoms with Crippen molar-refractivity contribution < 1.29 is 9.90 Å². The highest BCUT2D eigenvalue weighted by Crippen LogP contribution is 2.30. The molecule has 2 rings (SSSR count). The largest absolute Gasteiger partial charge is 0.481 e. The van der Waals surface area contributed by atoms with Crippen LogP contribution >= 0.6 is 0 Å². The highest BCUT2D eigenvalue weighted by molar-refractivity contribution is 5.70. The normalized spacial score (nSPS) is 29.9. The third-order valence-corrected chi connectivity index (χ3v) is 5.03. The minimum Gasteiger partial charge on any atom is -0.481 e. The zero-order valence-electron chi connectivity index (χ0n) is 11.6. The number of rotatable bonds is 5. The van der Waals surface area contributed by atoms with Gasteiger partial charge in [-0.1, -0.05) is 25.7 Å². The fraction of sp³-hybridized carbons (Fsp3) is 0.933. The summed E-state index contributed by atoms with van der Waals surface area (Å²) in [7, 11) is 2.22. The number of carboxylic acid groups (broad SMARTS) is 1. The summed E-state index contributed by atoms with van der Waals surface area (Å²) in [6.45, 7) is 1.20. The van der Waals surface area contributed by atoms with Crippen molar-refractivity contribution in [1.82, 2.24) is 4.90 Å². The molecule has 0 heterocycles. The third-order valence-electron chi connectivity index (χ3n) is 5.03. The van der Waals surface area contributed by atoms with Gasteiger partial charge in [-0.15, -0.1) is 0 Å². The van der Waals surface area contributed by atoms with E-state index in [1.54, 1.807) is 0 Å². The van der Waals surface area contributed by atoms with E-state index < -0.39 is 5.97 Å². The first-order valence-electron chi connectivity index (χ1n) is 7.60. The van der Waals surface area contributed by atoms with Gasteiger partial charge in [-0.25, -0.2) is 0 Å². The third kappa shape index (κ3) is 3.71. The van der Waals surface area contributed by atoms with Gasteiger partial charge in [0.25, 0.3) is 0 Å². The first-order chi connectivity index (χ1) is 8.66. The summed E-state index contributed by atoms with van der Waals surface area (Å²) in [5.41, 5.74) is 0. The average Bonchev–Trinajstić information content (AvgIpc) is 2.89. The Hall–Kier alpha value is -0.570. The summed E-state index contributed by atoms with van der Waals surface area (Å²) in [6, 6.07) is 0.627. The van der Waals surface area contributed by atoms with Gasteiger partial charge >= 0.3 is 5.97 Å². The van der Waals surface area contributed by atoms with Gasteiger partial charge < -0.3 is 10.0 Å². The van der Waals surface area contributed by atoms with Crippen LogP contribution in [0, 0.1) is 11.8 Å². The summed E-state index contributed by atoms with van der Waals surface area (Å²) in [4.78, 5) is 13.4. The van der Waals surface area contributed by atoms with E-state index in [0.717, 1.165) is 31.6 Å². The molecule has 1 N–H and O–H groups in total. The molecule has 3 nitrogen and oxygen atoms in total. The van der Waals surface area contributed by atoms with Crippen molar-refractivity contribution >= 4 is 5.97 Å². The van der Waals surface area contributed by atoms with Crippen molar-refractivity contribution in [3.8, 4) is 0 Å². The summed E-state index contributed by atoms with van der Waals surface area (Å²) in [5.74, 6) is 0.286. The maximum Gasteiger partial charge on any atom is 0.306 e. The Kier molecular flexibility index (Phi) is 5.04. The van der Waals surface area contributed by atoms with Crippen LogP contribution in [-0.2, 0) is 4.79 Å². The second-order valence-electron chi connectivity index (χ2n) is 6.26. The van der Waals surface area contributed by atoms with E-state index in [0.29, 0.717) is 6.04 Å². The molecule has 0 unspecified atom stereocenters. The molecule has 0 bridgehead atoms. The number of carbonyl (C=O) groups is 1. The van der Waals surface area contributed by atoms with Gasteiger partial charge in [0.1, 0.15) is 0 Å². The molecule has 0 radical (unpaired) electrons. The molecule has 0 saturated heterocycles. The Bertz CT molecular complexity index is 266. The van der Waals surface area contributed by atoms with Crippen LogP contribution in [0.4, 0.5) is 0 Å². The van der Waals surface area contributed by atoms with Crippen LogP contribution in [0.3, 0.4) is 0 Å². The maximum atomic E-state index is 10.9. The molecule has 0 spiro atoms. The zero-order chi connectivity index (χ0) is 13.0. The van der Waals surface area contributed by atoms with Gasteiger partial charge in [-0.05, 0) is 51.6 Å². The summed E-state index contributed by atoms with van der Waals surface area (Å²) in [5, 5.41) is 9.00. The lowest BCUT2D eigenvalue weighted by atomic mass is 9.85. The second-order valence-corrected chi connectivity index (χ2v) is 6.26. The van der Waals surface area contributed by atoms with Crippen LogP contribution in [0.1, 0.15) is 57.8 Å². The van der Waals surface area contributed by atoms with Crippen molar-refractivity contribution in [2.45, 2.75) is 63.8 Å². The van der Waals surface area contributed by atoms with Gasteiger partial charge in [-0.2, -0.15) is 0 Å². The lowest BCUT2D eigenvalue weighted by molar-refractivity contribution is -0.143. The van der Waals surface area contributed by atoms with E-state index in [-0.39, 0.29) is 5.92 Å². The Morgan fingerprint density at radius 1 is 1.11 bits per heavy atom. The summed E-state index contributed by atoms with van der Waals surface area (Å²) >= 11 is 0. The topological polar surface area (TPSA) is 40.5 Å². The van der Waals surface area contributed by atoms with Crippen molar-refractivity contribution in [3.63, 3.8) is 0 Å². The number of carboxylic acids is 1. The van der Waals surface area contributed by atoms with Gasteiger partial charge in [0.2, 0.25) is 0 Å². The number of nitrogens with zero attached hydrogens (tertiary/aromatic N) is 1. The highest BCUT2D eigenvalue weighted by Gasteiger charge is 2.28. The van der Waals surface area contributed by atoms with E-state index in [2.05, 4.69) is 11.9 Å². The van der Waals surface area contributed by atoms with E-state index in [4.69, 9.17) is 5.11 Å². The highest BCUT2D eigenvalue weighted by atomic mass is 16.4. The molecular formula is C15H27NO2. The predicted molar refractivity (Wildman–Crippen MR) is 72.6 cm³/mol. The SMILES string of the molecule is CN(CCC1CCCC1)C1CCC(C(=O)O)CC1. The molecule has 0 atom stereocenters. The van der Waals surface area contributed by atoms with Crippen LogP contribution < -0.4 is 0 Å². The van der Waals surface area contributed by atoms with Crippen molar-refractivity contribution in [1.29, 1.82) is 0 Å². The molecule has 2 aliphatic carbocycles. The maximum absolute atomic E-state index is 10.9. The van der Waals surface area contributed by atoms with Crippen molar-refractivity contribution in [3.05, 3.63) is 0 Å². The van der Waals surface area contributed by atoms with Crippen molar-refractivity contribution in [2.75, 3.05) is 13.6 Å². The Balaban J connectivity index is 1.66. The standard InChI is InChI=1S/C15H27NO2/c1-16(11-10-12-4-2-3-5-12)14-8-6-13(7-9-14)15(17)18/h12-14H,2-11H2,1H3,(H,17,18). The second kappa shape index (κ2) is 6.55. The lowest BCUT2D eigenvalue weighted by Gasteiger charge is -2.33. The molecule has 0 amide bonds. The number of hydrogen-bond acceptors (Lipinski definition) is 2. The monoisotopic (exact) mass is 253 g/mol. The minimum atomic E-state index is -0.595. The first kappa shape index (κ1) is 13.9. The predicted octanol–water partition coefficient (Wildman–Crippen LogP) is 3.14. The van der Waals surface area contributed by atoms with Crippen LogP contribution in [0.2, 0.25) is 0 Å². The van der Waals surface area contributed by atoms with E-state index >= 15 is 0 Å². The van der Waals surface area contributed by atoms with Gasteiger partial charge in [0.15, 0.2) is 0 Å². The van der Waals surface area contributed by atoms with Crippen LogP contribution in [-0.4, -0.2) is 35.6 Å². The van der Waals surface area contributed by atoms with Crippen molar-refractivity contribution in [2.24, 2.45) is 11.8 Å². The van der Waals surface area contributed by atoms with Gasteiger partial charge in [-0.3, -0.25) is 4.79 Å². The Morgan fingerprint density at radius 3 is 2.28 bits per heavy atom. The number of hydrogen-bond donors (Lipinski definition) is 1. The Labute approximate surface area is 111 Å². The zero-order valence-corrected chi connectivity index (χ0v) is 11.6. The molecule has 18 heavy (non-hydrogen) atoms. The summed E-state index contributed by atoms with van der Waals surface area (Å²) < 4.78 is 0. The fourth-order valence-electron chi connectivity index (χ4n) is 3.63. The smallest absolute Gasteiger partial charge is 0.306 e. The number of aliphatic carboxylic acids is 1. The lowest BCUT2D eigenvalue weighted by Crippen LogP contribution is -2.37. The van der Waals surface area contributed by atoms with Gasteiger partial charge in [0.05, 0.1) is 5.92 Å². The van der Waals surface area contributed by atoms with Crippen LogP contribution in [0.25, 0.3) is 0 Å². The molecule has 0 aromatic rings. The molecule has 2 saturated carbocycles. The molecule has 3 heteroatoms. The summed E-state index contributed by atoms with van der Waals surface area (Å²) in [6.07, 6.45) is 10.9. The van der Waals surface area contributed by atoms with E-state index in [9.17, 15) is 4.79 Å². The molecule has 104 valence electrons. The quantitative estimate of drug-likeness (QED) is 0.818. The minimum absolute atomic E-state index is 0.0792. The fourth-order valence-corrected chi connectivity index (χ4v) is 3.63. The Morgan fingerprint density at radius 2 is 1.72 bits per heavy atom. The molecular weight excluding hydrogens is 226 g/mol. The van der Waals surface area contributed by atoms with E-state index in [1.807, 2.05) is 0 Å². The van der Waals surface area contributed by atoms with E-state index in [1.165, 1.54) is 38.6 Å². The molecule has 2 fully saturated rings. The first-order valence-corrected chi connectivity index (χ1v) is 7.60. The molecule has 0 aliphatic heterocycles. The average molecular weight is 253 g/mol. The molecule has 2 aliphatic rings. The molecule has 0 aromatic carbocycles. The van der Waals surface area contributed by atoms with Crippen LogP contribution in [0.5, 0.6) is 0 Å². The van der Waals surface area contributed by atoms with Crippen LogP contribution in [0.15, 0.2) is 0 Å².